The molecular formula is C10H12O6. The smallest absolute Gasteiger partial charge is 0.344 e. The van der Waals surface area contributed by atoms with Gasteiger partial charge in [0.25, 0.3) is 0 Å². The Balaban J connectivity index is 3.21. The van der Waals surface area contributed by atoms with Crippen molar-refractivity contribution in [1.82, 2.24) is 0 Å². The summed E-state index contributed by atoms with van der Waals surface area (Å²) in [6, 6.07) is 0. The topological polar surface area (TPSA) is 93.1 Å². The van der Waals surface area contributed by atoms with E-state index in [1.54, 1.807) is 0 Å². The lowest BCUT2D eigenvalue weighted by Crippen LogP contribution is -2.45. The van der Waals surface area contributed by atoms with E-state index in [0.29, 0.717) is 0 Å². The fourth-order valence-electron chi connectivity index (χ4n) is 1.55. The third-order valence-electron chi connectivity index (χ3n) is 2.46. The standard InChI is InChI=1S/C10H12O6/c1-15-7-4-3-6(8(11)12)5-10(7,16-2)9(13)14/h3-4H,5H2,1-2H3,(H,11,12)(H,13,14). The number of rotatable bonds is 4. The van der Waals surface area contributed by atoms with E-state index < -0.39 is 17.5 Å². The van der Waals surface area contributed by atoms with Gasteiger partial charge in [0.05, 0.1) is 7.11 Å². The Kier molecular flexibility index (Phi) is 3.34. The van der Waals surface area contributed by atoms with Crippen LogP contribution >= 0.6 is 0 Å². The molecule has 1 aliphatic rings. The molecular weight excluding hydrogens is 216 g/mol. The van der Waals surface area contributed by atoms with E-state index >= 15 is 0 Å². The second-order valence-corrected chi connectivity index (χ2v) is 3.25. The lowest BCUT2D eigenvalue weighted by Gasteiger charge is -2.31. The molecule has 88 valence electrons. The summed E-state index contributed by atoms with van der Waals surface area (Å²) in [6.07, 6.45) is 2.33. The van der Waals surface area contributed by atoms with Gasteiger partial charge in [-0.15, -0.1) is 0 Å². The zero-order valence-corrected chi connectivity index (χ0v) is 8.89. The number of ether oxygens (including phenoxy) is 2. The largest absolute Gasteiger partial charge is 0.497 e. The van der Waals surface area contributed by atoms with Crippen LogP contribution in [0.3, 0.4) is 0 Å². The maximum Gasteiger partial charge on any atom is 0.344 e. The van der Waals surface area contributed by atoms with E-state index in [-0.39, 0.29) is 17.8 Å². The molecule has 0 fully saturated rings. The van der Waals surface area contributed by atoms with E-state index in [1.165, 1.54) is 26.4 Å². The Bertz CT molecular complexity index is 381. The Hall–Kier alpha value is -1.82. The van der Waals surface area contributed by atoms with E-state index in [1.807, 2.05) is 0 Å². The molecule has 1 atom stereocenters. The van der Waals surface area contributed by atoms with Gasteiger partial charge in [-0.3, -0.25) is 0 Å². The zero-order chi connectivity index (χ0) is 12.3. The predicted molar refractivity (Wildman–Crippen MR) is 52.8 cm³/mol. The van der Waals surface area contributed by atoms with Crippen molar-refractivity contribution in [2.75, 3.05) is 14.2 Å². The molecule has 0 saturated heterocycles. The first-order chi connectivity index (χ1) is 7.47. The van der Waals surface area contributed by atoms with Crippen LogP contribution in [0.4, 0.5) is 0 Å². The molecule has 0 spiro atoms. The second-order valence-electron chi connectivity index (χ2n) is 3.25. The number of aliphatic carboxylic acids is 2. The van der Waals surface area contributed by atoms with Crippen molar-refractivity contribution < 1.29 is 29.3 Å². The van der Waals surface area contributed by atoms with Gasteiger partial charge < -0.3 is 19.7 Å². The van der Waals surface area contributed by atoms with Crippen LogP contribution < -0.4 is 0 Å². The summed E-state index contributed by atoms with van der Waals surface area (Å²) in [5.41, 5.74) is -1.79. The first kappa shape index (κ1) is 12.3. The summed E-state index contributed by atoms with van der Waals surface area (Å²) < 4.78 is 9.83. The molecule has 0 amide bonds. The maximum absolute atomic E-state index is 11.2. The number of carbonyl (C=O) groups is 2. The quantitative estimate of drug-likeness (QED) is 0.723. The van der Waals surface area contributed by atoms with Gasteiger partial charge in [0.15, 0.2) is 0 Å². The van der Waals surface area contributed by atoms with Crippen LogP contribution in [0.1, 0.15) is 6.42 Å². The van der Waals surface area contributed by atoms with E-state index in [0.717, 1.165) is 0 Å². The highest BCUT2D eigenvalue weighted by molar-refractivity contribution is 5.91. The van der Waals surface area contributed by atoms with Crippen molar-refractivity contribution in [2.45, 2.75) is 12.0 Å². The molecule has 0 aromatic heterocycles. The molecule has 2 N–H and O–H groups in total. The van der Waals surface area contributed by atoms with Crippen LogP contribution in [0.2, 0.25) is 0 Å². The molecule has 1 aliphatic carbocycles. The van der Waals surface area contributed by atoms with Crippen LogP contribution in [-0.4, -0.2) is 42.0 Å². The highest BCUT2D eigenvalue weighted by Gasteiger charge is 2.47. The van der Waals surface area contributed by atoms with E-state index in [2.05, 4.69) is 0 Å². The molecule has 1 unspecified atom stereocenters. The normalized spacial score (nSPS) is 24.4. The number of hydrogen-bond donors (Lipinski definition) is 2. The lowest BCUT2D eigenvalue weighted by molar-refractivity contribution is -0.162. The first-order valence-corrected chi connectivity index (χ1v) is 4.45. The summed E-state index contributed by atoms with van der Waals surface area (Å²) >= 11 is 0. The number of methoxy groups -OCH3 is 2. The summed E-state index contributed by atoms with van der Waals surface area (Å²) in [6.45, 7) is 0. The lowest BCUT2D eigenvalue weighted by atomic mass is 9.87. The van der Waals surface area contributed by atoms with Crippen molar-refractivity contribution in [3.05, 3.63) is 23.5 Å². The highest BCUT2D eigenvalue weighted by atomic mass is 16.6. The van der Waals surface area contributed by atoms with E-state index in [4.69, 9.17) is 19.7 Å². The average molecular weight is 228 g/mol. The highest BCUT2D eigenvalue weighted by Crippen LogP contribution is 2.33. The van der Waals surface area contributed by atoms with Gasteiger partial charge in [0.2, 0.25) is 5.60 Å². The summed E-state index contributed by atoms with van der Waals surface area (Å²) in [5.74, 6) is -2.38. The molecule has 0 aliphatic heterocycles. The Labute approximate surface area is 91.8 Å². The number of carboxylic acid groups (broad SMARTS) is 2. The third kappa shape index (κ3) is 1.79. The summed E-state index contributed by atoms with van der Waals surface area (Å²) in [4.78, 5) is 22.0. The first-order valence-electron chi connectivity index (χ1n) is 4.45. The summed E-state index contributed by atoms with van der Waals surface area (Å²) in [7, 11) is 2.51. The monoisotopic (exact) mass is 228 g/mol. The molecule has 6 nitrogen and oxygen atoms in total. The third-order valence-corrected chi connectivity index (χ3v) is 2.46. The zero-order valence-electron chi connectivity index (χ0n) is 8.89. The van der Waals surface area contributed by atoms with Crippen molar-refractivity contribution >= 4 is 11.9 Å². The number of allylic oxidation sites excluding steroid dienone is 2. The van der Waals surface area contributed by atoms with Crippen LogP contribution in [0.5, 0.6) is 0 Å². The van der Waals surface area contributed by atoms with Crippen LogP contribution in [0, 0.1) is 0 Å². The van der Waals surface area contributed by atoms with Crippen molar-refractivity contribution in [2.24, 2.45) is 0 Å². The van der Waals surface area contributed by atoms with Crippen LogP contribution in [0.25, 0.3) is 0 Å². The van der Waals surface area contributed by atoms with E-state index in [9.17, 15) is 9.59 Å². The van der Waals surface area contributed by atoms with Crippen LogP contribution in [-0.2, 0) is 19.1 Å². The molecule has 0 heterocycles. The van der Waals surface area contributed by atoms with Crippen LogP contribution in [0.15, 0.2) is 23.5 Å². The molecule has 1 rings (SSSR count). The molecule has 0 saturated carbocycles. The average Bonchev–Trinajstić information content (AvgIpc) is 2.27. The molecule has 0 radical (unpaired) electrons. The van der Waals surface area contributed by atoms with Gasteiger partial charge in [0, 0.05) is 19.1 Å². The fourth-order valence-corrected chi connectivity index (χ4v) is 1.55. The van der Waals surface area contributed by atoms with Crippen molar-refractivity contribution in [1.29, 1.82) is 0 Å². The minimum absolute atomic E-state index is 0.0370. The van der Waals surface area contributed by atoms with Gasteiger partial charge in [-0.05, 0) is 12.2 Å². The minimum atomic E-state index is -1.75. The predicted octanol–water partition coefficient (Wildman–Crippen LogP) is 0.401. The maximum atomic E-state index is 11.2. The molecule has 0 aromatic rings. The summed E-state index contributed by atoms with van der Waals surface area (Å²) in [5, 5.41) is 17.9. The van der Waals surface area contributed by atoms with Gasteiger partial charge in [-0.1, -0.05) is 0 Å². The van der Waals surface area contributed by atoms with Crippen molar-refractivity contribution in [3.8, 4) is 0 Å². The SMILES string of the molecule is COC1=CC=C(C(=O)O)CC1(OC)C(=O)O. The molecule has 16 heavy (non-hydrogen) atoms. The molecule has 0 aromatic carbocycles. The molecule has 0 bridgehead atoms. The van der Waals surface area contributed by atoms with Gasteiger partial charge in [-0.25, -0.2) is 9.59 Å². The number of hydrogen-bond acceptors (Lipinski definition) is 4. The Morgan fingerprint density at radius 3 is 2.31 bits per heavy atom. The van der Waals surface area contributed by atoms with Gasteiger partial charge in [-0.2, -0.15) is 0 Å². The van der Waals surface area contributed by atoms with Crippen molar-refractivity contribution in [3.63, 3.8) is 0 Å². The molecule has 6 heteroatoms. The Morgan fingerprint density at radius 2 is 1.94 bits per heavy atom. The Morgan fingerprint density at radius 1 is 1.31 bits per heavy atom. The minimum Gasteiger partial charge on any atom is -0.497 e. The second kappa shape index (κ2) is 4.36. The number of carboxylic acids is 2. The fraction of sp³-hybridized carbons (Fsp3) is 0.400. The van der Waals surface area contributed by atoms with Gasteiger partial charge in [0.1, 0.15) is 5.76 Å². The van der Waals surface area contributed by atoms with Gasteiger partial charge >= 0.3 is 11.9 Å².